The van der Waals surface area contributed by atoms with Gasteiger partial charge in [-0.25, -0.2) is 4.39 Å². The van der Waals surface area contributed by atoms with Gasteiger partial charge in [-0.05, 0) is 42.5 Å². The Morgan fingerprint density at radius 2 is 1.69 bits per heavy atom. The van der Waals surface area contributed by atoms with E-state index in [-0.39, 0.29) is 17.9 Å². The minimum absolute atomic E-state index is 0.0804. The molecular weight excluding hydrogens is 437 g/mol. The number of aromatic nitrogens is 1. The number of rotatable bonds is 6. The van der Waals surface area contributed by atoms with Crippen molar-refractivity contribution in [2.24, 2.45) is 17.8 Å². The lowest BCUT2D eigenvalue weighted by Gasteiger charge is -2.10. The lowest BCUT2D eigenvalue weighted by molar-refractivity contribution is -0.122. The first-order chi connectivity index (χ1) is 15.4. The van der Waals surface area contributed by atoms with Crippen LogP contribution in [0.2, 0.25) is 5.02 Å². The van der Waals surface area contributed by atoms with E-state index in [2.05, 4.69) is 10.6 Å². The van der Waals surface area contributed by atoms with E-state index in [0.717, 1.165) is 6.07 Å². The van der Waals surface area contributed by atoms with Gasteiger partial charge in [0.1, 0.15) is 5.82 Å². The minimum Gasteiger partial charge on any atom is -0.396 e. The molecule has 1 aromatic heterocycles. The Morgan fingerprint density at radius 3 is 2.31 bits per heavy atom. The summed E-state index contributed by atoms with van der Waals surface area (Å²) in [7, 11) is 0. The molecule has 7 nitrogen and oxygen atoms in total. The molecule has 1 aliphatic rings. The van der Waals surface area contributed by atoms with Gasteiger partial charge < -0.3 is 15.7 Å². The summed E-state index contributed by atoms with van der Waals surface area (Å²) in [4.78, 5) is 37.1. The maximum Gasteiger partial charge on any atom is 0.255 e. The average molecular weight is 456 g/mol. The van der Waals surface area contributed by atoms with Gasteiger partial charge in [0.2, 0.25) is 11.8 Å². The van der Waals surface area contributed by atoms with Gasteiger partial charge in [0.15, 0.2) is 0 Å². The Hall–Kier alpha value is -3.49. The normalized spacial score (nSPS) is 19.3. The first-order valence-corrected chi connectivity index (χ1v) is 10.2. The fraction of sp³-hybridized carbons (Fsp3) is 0.174. The van der Waals surface area contributed by atoms with E-state index in [1.54, 1.807) is 36.4 Å². The summed E-state index contributed by atoms with van der Waals surface area (Å²) in [5.74, 6) is -3.79. The van der Waals surface area contributed by atoms with Crippen LogP contribution in [0.5, 0.6) is 0 Å². The fourth-order valence-corrected chi connectivity index (χ4v) is 3.81. The lowest BCUT2D eigenvalue weighted by atomic mass is 10.2. The molecule has 2 amide bonds. The number of aliphatic hydroxyl groups excluding tert-OH is 1. The van der Waals surface area contributed by atoms with Crippen LogP contribution >= 0.6 is 11.6 Å². The van der Waals surface area contributed by atoms with Gasteiger partial charge in [0.25, 0.3) is 5.56 Å². The standard InChI is InChI=1S/C23H19ClFN3O4/c24-13-4-6-14(7-5-13)26-22(31)20-16(12-29)21(20)23(32)27-18-9-8-15(11-17(18)25)28-10-2-1-3-19(28)30/h1-11,16,20-21,29H,12H2,(H,26,31)(H,27,32). The van der Waals surface area contributed by atoms with Gasteiger partial charge in [0, 0.05) is 41.6 Å². The molecule has 1 fully saturated rings. The number of carbonyl (C=O) groups excluding carboxylic acids is 2. The highest BCUT2D eigenvalue weighted by Crippen LogP contribution is 2.47. The molecule has 0 bridgehead atoms. The van der Waals surface area contributed by atoms with E-state index in [0.29, 0.717) is 16.4 Å². The van der Waals surface area contributed by atoms with Gasteiger partial charge >= 0.3 is 0 Å². The number of hydrogen-bond donors (Lipinski definition) is 3. The molecule has 3 aromatic rings. The van der Waals surface area contributed by atoms with Crippen molar-refractivity contribution in [3.05, 3.63) is 88.1 Å². The number of nitrogens with one attached hydrogen (secondary N) is 2. The molecule has 1 saturated carbocycles. The highest BCUT2D eigenvalue weighted by molar-refractivity contribution is 6.30. The van der Waals surface area contributed by atoms with E-state index in [1.165, 1.54) is 29.0 Å². The number of benzene rings is 2. The fourth-order valence-electron chi connectivity index (χ4n) is 3.69. The topological polar surface area (TPSA) is 100 Å². The van der Waals surface area contributed by atoms with Crippen molar-refractivity contribution in [2.45, 2.75) is 0 Å². The third-order valence-electron chi connectivity index (χ3n) is 5.41. The number of hydrogen-bond acceptors (Lipinski definition) is 4. The van der Waals surface area contributed by atoms with Crippen molar-refractivity contribution < 1.29 is 19.1 Å². The van der Waals surface area contributed by atoms with E-state index in [1.807, 2.05) is 0 Å². The maximum atomic E-state index is 14.6. The third-order valence-corrected chi connectivity index (χ3v) is 5.66. The van der Waals surface area contributed by atoms with E-state index in [4.69, 9.17) is 11.6 Å². The number of pyridine rings is 1. The maximum absolute atomic E-state index is 14.6. The van der Waals surface area contributed by atoms with Crippen LogP contribution in [0.15, 0.2) is 71.7 Å². The molecule has 0 radical (unpaired) electrons. The van der Waals surface area contributed by atoms with Gasteiger partial charge in [-0.2, -0.15) is 0 Å². The summed E-state index contributed by atoms with van der Waals surface area (Å²) in [6.45, 7) is -0.352. The molecule has 0 spiro atoms. The van der Waals surface area contributed by atoms with Gasteiger partial charge in [0.05, 0.1) is 23.2 Å². The molecule has 4 rings (SSSR count). The second-order valence-corrected chi connectivity index (χ2v) is 7.89. The quantitative estimate of drug-likeness (QED) is 0.531. The first kappa shape index (κ1) is 21.7. The van der Waals surface area contributed by atoms with Crippen LogP contribution in [0.4, 0.5) is 15.8 Å². The number of amides is 2. The molecule has 3 atom stereocenters. The van der Waals surface area contributed by atoms with Crippen LogP contribution in [0, 0.1) is 23.6 Å². The Bertz CT molecular complexity index is 1230. The number of nitrogens with zero attached hydrogens (tertiary/aromatic N) is 1. The van der Waals surface area contributed by atoms with Crippen molar-refractivity contribution in [3.63, 3.8) is 0 Å². The van der Waals surface area contributed by atoms with Crippen molar-refractivity contribution in [2.75, 3.05) is 17.2 Å². The second-order valence-electron chi connectivity index (χ2n) is 7.46. The van der Waals surface area contributed by atoms with Crippen LogP contribution in [-0.2, 0) is 9.59 Å². The van der Waals surface area contributed by atoms with Crippen LogP contribution < -0.4 is 16.2 Å². The predicted molar refractivity (Wildman–Crippen MR) is 118 cm³/mol. The summed E-state index contributed by atoms with van der Waals surface area (Å²) < 4.78 is 15.9. The molecule has 3 unspecified atom stereocenters. The molecule has 3 N–H and O–H groups in total. The molecule has 0 saturated heterocycles. The van der Waals surface area contributed by atoms with Crippen LogP contribution in [0.3, 0.4) is 0 Å². The summed E-state index contributed by atoms with van der Waals surface area (Å²) in [6.07, 6.45) is 1.51. The van der Waals surface area contributed by atoms with Crippen LogP contribution in [0.25, 0.3) is 5.69 Å². The number of carbonyl (C=O) groups is 2. The average Bonchev–Trinajstić information content (AvgIpc) is 3.52. The van der Waals surface area contributed by atoms with Crippen LogP contribution in [0.1, 0.15) is 0 Å². The Kier molecular flexibility index (Phi) is 6.07. The van der Waals surface area contributed by atoms with E-state index in [9.17, 15) is 23.9 Å². The molecule has 2 aromatic carbocycles. The first-order valence-electron chi connectivity index (χ1n) is 9.85. The Labute approximate surface area is 187 Å². The zero-order chi connectivity index (χ0) is 22.8. The summed E-state index contributed by atoms with van der Waals surface area (Å²) in [5, 5.41) is 15.3. The third kappa shape index (κ3) is 4.42. The summed E-state index contributed by atoms with van der Waals surface area (Å²) >= 11 is 5.83. The Morgan fingerprint density at radius 1 is 1.00 bits per heavy atom. The van der Waals surface area contributed by atoms with Gasteiger partial charge in [-0.3, -0.25) is 19.0 Å². The van der Waals surface area contributed by atoms with Crippen molar-refractivity contribution in [1.29, 1.82) is 0 Å². The lowest BCUT2D eigenvalue weighted by Crippen LogP contribution is -2.21. The highest BCUT2D eigenvalue weighted by Gasteiger charge is 2.58. The molecule has 1 aliphatic carbocycles. The molecule has 0 aliphatic heterocycles. The molecular formula is C23H19ClFN3O4. The number of halogens is 2. The number of aliphatic hydroxyl groups is 1. The van der Waals surface area contributed by atoms with Crippen molar-refractivity contribution in [3.8, 4) is 5.69 Å². The SMILES string of the molecule is O=C(Nc1ccc(Cl)cc1)C1C(CO)C1C(=O)Nc1ccc(-n2ccccc2=O)cc1F. The zero-order valence-electron chi connectivity index (χ0n) is 16.7. The molecule has 1 heterocycles. The van der Waals surface area contributed by atoms with Crippen LogP contribution in [-0.4, -0.2) is 28.1 Å². The molecule has 164 valence electrons. The minimum atomic E-state index is -0.789. The van der Waals surface area contributed by atoms with Crippen molar-refractivity contribution in [1.82, 2.24) is 4.57 Å². The summed E-state index contributed by atoms with van der Waals surface area (Å²) in [5.41, 5.74) is 0.427. The largest absolute Gasteiger partial charge is 0.396 e. The van der Waals surface area contributed by atoms with Crippen molar-refractivity contribution >= 4 is 34.8 Å². The molecule has 32 heavy (non-hydrogen) atoms. The highest BCUT2D eigenvalue weighted by atomic mass is 35.5. The second kappa shape index (κ2) is 8.94. The van der Waals surface area contributed by atoms with Gasteiger partial charge in [-0.15, -0.1) is 0 Å². The van der Waals surface area contributed by atoms with E-state index >= 15 is 0 Å². The zero-order valence-corrected chi connectivity index (χ0v) is 17.4. The van der Waals surface area contributed by atoms with Gasteiger partial charge in [-0.1, -0.05) is 17.7 Å². The number of anilines is 2. The monoisotopic (exact) mass is 455 g/mol. The Balaban J connectivity index is 1.45. The predicted octanol–water partition coefficient (Wildman–Crippen LogP) is 3.06. The smallest absolute Gasteiger partial charge is 0.255 e. The molecule has 9 heteroatoms. The van der Waals surface area contributed by atoms with E-state index < -0.39 is 35.4 Å². The summed E-state index contributed by atoms with van der Waals surface area (Å²) in [6, 6.07) is 15.1.